The van der Waals surface area contributed by atoms with Gasteiger partial charge in [-0.05, 0) is 22.8 Å². The van der Waals surface area contributed by atoms with Crippen LogP contribution in [0.2, 0.25) is 0 Å². The van der Waals surface area contributed by atoms with E-state index in [1.807, 2.05) is 24.3 Å². The Balaban J connectivity index is 2.22. The Labute approximate surface area is 98.9 Å². The number of rotatable bonds is 3. The summed E-state index contributed by atoms with van der Waals surface area (Å²) in [5, 5.41) is 0. The van der Waals surface area contributed by atoms with Gasteiger partial charge in [-0.25, -0.2) is 8.78 Å². The molecular weight excluding hydrogens is 220 g/mol. The van der Waals surface area contributed by atoms with Gasteiger partial charge in [-0.3, -0.25) is 0 Å². The summed E-state index contributed by atoms with van der Waals surface area (Å²) in [6.07, 6.45) is 0.383. The normalized spacial score (nSPS) is 10.5. The zero-order valence-corrected chi connectivity index (χ0v) is 9.29. The predicted molar refractivity (Wildman–Crippen MR) is 63.5 cm³/mol. The van der Waals surface area contributed by atoms with Crippen LogP contribution in [0, 0.1) is 11.6 Å². The van der Waals surface area contributed by atoms with Crippen molar-refractivity contribution in [2.24, 2.45) is 5.73 Å². The standard InChI is InChI=1S/C14H13F2N/c15-13-3-1-2-12(14(13)16)8-10-4-6-11(9-17)7-5-10/h1-7H,8-9,17H2. The van der Waals surface area contributed by atoms with Gasteiger partial charge in [0.1, 0.15) is 0 Å². The Morgan fingerprint density at radius 1 is 0.882 bits per heavy atom. The van der Waals surface area contributed by atoms with Gasteiger partial charge in [-0.2, -0.15) is 0 Å². The van der Waals surface area contributed by atoms with Gasteiger partial charge >= 0.3 is 0 Å². The lowest BCUT2D eigenvalue weighted by molar-refractivity contribution is 0.501. The van der Waals surface area contributed by atoms with Crippen molar-refractivity contribution in [2.45, 2.75) is 13.0 Å². The van der Waals surface area contributed by atoms with E-state index in [0.717, 1.165) is 17.2 Å². The summed E-state index contributed by atoms with van der Waals surface area (Å²) < 4.78 is 26.4. The Morgan fingerprint density at radius 3 is 2.18 bits per heavy atom. The number of benzene rings is 2. The molecule has 0 bridgehead atoms. The third kappa shape index (κ3) is 2.68. The third-order valence-electron chi connectivity index (χ3n) is 2.68. The van der Waals surface area contributed by atoms with Crippen molar-refractivity contribution in [1.82, 2.24) is 0 Å². The molecule has 3 heteroatoms. The predicted octanol–water partition coefficient (Wildman–Crippen LogP) is 3.01. The fourth-order valence-electron chi connectivity index (χ4n) is 1.70. The van der Waals surface area contributed by atoms with E-state index in [1.165, 1.54) is 6.07 Å². The van der Waals surface area contributed by atoms with Crippen molar-refractivity contribution in [1.29, 1.82) is 0 Å². The second-order valence-corrected chi connectivity index (χ2v) is 3.91. The summed E-state index contributed by atoms with van der Waals surface area (Å²) in [6.45, 7) is 0.481. The van der Waals surface area contributed by atoms with E-state index >= 15 is 0 Å². The van der Waals surface area contributed by atoms with Crippen LogP contribution in [0.25, 0.3) is 0 Å². The number of hydrogen-bond donors (Lipinski definition) is 1. The SMILES string of the molecule is NCc1ccc(Cc2cccc(F)c2F)cc1. The average molecular weight is 233 g/mol. The van der Waals surface area contributed by atoms with Crippen LogP contribution in [0.15, 0.2) is 42.5 Å². The average Bonchev–Trinajstić information content (AvgIpc) is 2.36. The Bertz CT molecular complexity index is 506. The van der Waals surface area contributed by atoms with E-state index in [4.69, 9.17) is 5.73 Å². The first kappa shape index (κ1) is 11.7. The molecule has 17 heavy (non-hydrogen) atoms. The van der Waals surface area contributed by atoms with Crippen LogP contribution in [-0.4, -0.2) is 0 Å². The first-order chi connectivity index (χ1) is 8.20. The fourth-order valence-corrected chi connectivity index (χ4v) is 1.70. The van der Waals surface area contributed by atoms with Crippen molar-refractivity contribution < 1.29 is 8.78 Å². The van der Waals surface area contributed by atoms with Gasteiger partial charge in [0.15, 0.2) is 11.6 Å². The summed E-state index contributed by atoms with van der Waals surface area (Å²) in [6, 6.07) is 11.8. The minimum Gasteiger partial charge on any atom is -0.326 e. The monoisotopic (exact) mass is 233 g/mol. The Morgan fingerprint density at radius 2 is 1.53 bits per heavy atom. The van der Waals surface area contributed by atoms with Crippen LogP contribution in [0.4, 0.5) is 8.78 Å². The first-order valence-electron chi connectivity index (χ1n) is 5.41. The van der Waals surface area contributed by atoms with E-state index < -0.39 is 11.6 Å². The minimum absolute atomic E-state index is 0.366. The summed E-state index contributed by atoms with van der Waals surface area (Å²) in [5.41, 5.74) is 7.81. The second-order valence-electron chi connectivity index (χ2n) is 3.91. The third-order valence-corrected chi connectivity index (χ3v) is 2.68. The fraction of sp³-hybridized carbons (Fsp3) is 0.143. The highest BCUT2D eigenvalue weighted by Gasteiger charge is 2.07. The molecule has 88 valence electrons. The molecule has 0 aliphatic heterocycles. The minimum atomic E-state index is -0.805. The Kier molecular flexibility index (Phi) is 3.49. The van der Waals surface area contributed by atoms with Crippen LogP contribution in [0.3, 0.4) is 0 Å². The molecule has 2 aromatic rings. The molecule has 0 unspecified atom stereocenters. The number of nitrogens with two attached hydrogens (primary N) is 1. The van der Waals surface area contributed by atoms with Gasteiger partial charge in [0.2, 0.25) is 0 Å². The van der Waals surface area contributed by atoms with Gasteiger partial charge in [-0.15, -0.1) is 0 Å². The van der Waals surface area contributed by atoms with Crippen LogP contribution < -0.4 is 5.73 Å². The maximum Gasteiger partial charge on any atom is 0.162 e. The molecule has 1 nitrogen and oxygen atoms in total. The topological polar surface area (TPSA) is 26.0 Å². The molecule has 0 radical (unpaired) electrons. The van der Waals surface area contributed by atoms with E-state index in [0.29, 0.717) is 18.5 Å². The van der Waals surface area contributed by atoms with E-state index in [-0.39, 0.29) is 0 Å². The number of hydrogen-bond acceptors (Lipinski definition) is 1. The highest BCUT2D eigenvalue weighted by atomic mass is 19.2. The molecule has 0 fully saturated rings. The van der Waals surface area contributed by atoms with Crippen LogP contribution in [-0.2, 0) is 13.0 Å². The summed E-state index contributed by atoms with van der Waals surface area (Å²) in [5.74, 6) is -1.57. The van der Waals surface area contributed by atoms with Crippen LogP contribution >= 0.6 is 0 Å². The van der Waals surface area contributed by atoms with E-state index in [9.17, 15) is 8.78 Å². The lowest BCUT2D eigenvalue weighted by Crippen LogP contribution is -1.98. The molecule has 2 aromatic carbocycles. The molecule has 0 aliphatic rings. The van der Waals surface area contributed by atoms with Crippen LogP contribution in [0.1, 0.15) is 16.7 Å². The molecule has 0 heterocycles. The quantitative estimate of drug-likeness (QED) is 0.866. The maximum absolute atomic E-state index is 13.4. The summed E-state index contributed by atoms with van der Waals surface area (Å²) in [4.78, 5) is 0. The zero-order valence-electron chi connectivity index (χ0n) is 9.29. The van der Waals surface area contributed by atoms with Crippen molar-refractivity contribution in [2.75, 3.05) is 0 Å². The molecule has 0 spiro atoms. The molecule has 2 N–H and O–H groups in total. The van der Waals surface area contributed by atoms with Crippen molar-refractivity contribution in [3.8, 4) is 0 Å². The molecule has 0 aromatic heterocycles. The highest BCUT2D eigenvalue weighted by Crippen LogP contribution is 2.16. The first-order valence-corrected chi connectivity index (χ1v) is 5.41. The molecule has 0 aliphatic carbocycles. The molecule has 2 rings (SSSR count). The highest BCUT2D eigenvalue weighted by molar-refractivity contribution is 5.29. The molecule has 0 saturated heterocycles. The smallest absolute Gasteiger partial charge is 0.162 e. The van der Waals surface area contributed by atoms with E-state index in [2.05, 4.69) is 0 Å². The molecule has 0 amide bonds. The zero-order chi connectivity index (χ0) is 12.3. The van der Waals surface area contributed by atoms with E-state index in [1.54, 1.807) is 6.07 Å². The second kappa shape index (κ2) is 5.06. The van der Waals surface area contributed by atoms with Crippen molar-refractivity contribution in [3.05, 3.63) is 70.8 Å². The summed E-state index contributed by atoms with van der Waals surface area (Å²) in [7, 11) is 0. The van der Waals surface area contributed by atoms with Gasteiger partial charge in [-0.1, -0.05) is 36.4 Å². The largest absolute Gasteiger partial charge is 0.326 e. The molecule has 0 saturated carbocycles. The number of halogens is 2. The van der Waals surface area contributed by atoms with Crippen molar-refractivity contribution in [3.63, 3.8) is 0 Å². The lowest BCUT2D eigenvalue weighted by Gasteiger charge is -2.05. The van der Waals surface area contributed by atoms with Gasteiger partial charge in [0.25, 0.3) is 0 Å². The van der Waals surface area contributed by atoms with Crippen LogP contribution in [0.5, 0.6) is 0 Å². The molecular formula is C14H13F2N. The van der Waals surface area contributed by atoms with Crippen molar-refractivity contribution >= 4 is 0 Å². The van der Waals surface area contributed by atoms with Gasteiger partial charge in [0, 0.05) is 13.0 Å². The molecule has 0 atom stereocenters. The van der Waals surface area contributed by atoms with Gasteiger partial charge < -0.3 is 5.73 Å². The van der Waals surface area contributed by atoms with Gasteiger partial charge in [0.05, 0.1) is 0 Å². The lowest BCUT2D eigenvalue weighted by atomic mass is 10.0. The summed E-state index contributed by atoms with van der Waals surface area (Å²) >= 11 is 0. The Hall–Kier alpha value is -1.74. The maximum atomic E-state index is 13.4.